The molecule has 0 saturated carbocycles. The van der Waals surface area contributed by atoms with Crippen LogP contribution in [0.4, 0.5) is 4.39 Å². The molecule has 156 valence electrons. The van der Waals surface area contributed by atoms with Gasteiger partial charge in [0.2, 0.25) is 15.0 Å². The summed E-state index contributed by atoms with van der Waals surface area (Å²) >= 11 is 5.99. The minimum atomic E-state index is -4.00. The maximum Gasteiger partial charge on any atom is 0.364 e. The van der Waals surface area contributed by atoms with E-state index in [0.717, 1.165) is 23.9 Å². The molecule has 0 amide bonds. The normalized spacial score (nSPS) is 11.5. The van der Waals surface area contributed by atoms with Crippen LogP contribution in [-0.2, 0) is 15.6 Å². The van der Waals surface area contributed by atoms with E-state index in [4.69, 9.17) is 16.3 Å². The van der Waals surface area contributed by atoms with Gasteiger partial charge >= 0.3 is 5.97 Å². The van der Waals surface area contributed by atoms with Gasteiger partial charge in [-0.25, -0.2) is 27.6 Å². The minimum absolute atomic E-state index is 0.139. The number of rotatable bonds is 6. The second-order valence-electron chi connectivity index (χ2n) is 6.85. The lowest BCUT2D eigenvalue weighted by atomic mass is 10.0. The second kappa shape index (κ2) is 8.89. The van der Waals surface area contributed by atoms with Crippen molar-refractivity contribution < 1.29 is 22.3 Å². The van der Waals surface area contributed by atoms with E-state index in [-0.39, 0.29) is 16.5 Å². The van der Waals surface area contributed by atoms with E-state index in [2.05, 4.69) is 9.97 Å². The molecule has 30 heavy (non-hydrogen) atoms. The number of carbonyl (C=O) groups excluding carboxylic acids is 1. The van der Waals surface area contributed by atoms with Crippen LogP contribution in [0.25, 0.3) is 0 Å². The standard InChI is InChI=1S/C21H18ClFN2O4S/c1-13(2)15-5-9-17(10-6-15)29-20(26)19-18(22)11-24-21(25-19)30(27,28)12-14-3-7-16(23)8-4-14/h3-11,13H,12H2,1-2H3. The molecule has 1 heterocycles. The fourth-order valence-electron chi connectivity index (χ4n) is 2.58. The molecule has 0 spiro atoms. The fraction of sp³-hybridized carbons (Fsp3) is 0.190. The lowest BCUT2D eigenvalue weighted by Gasteiger charge is -2.09. The number of carbonyl (C=O) groups is 1. The lowest BCUT2D eigenvalue weighted by molar-refractivity contribution is 0.0727. The van der Waals surface area contributed by atoms with Crippen LogP contribution >= 0.6 is 11.6 Å². The molecule has 0 fully saturated rings. The van der Waals surface area contributed by atoms with Gasteiger partial charge in [-0.05, 0) is 41.3 Å². The highest BCUT2D eigenvalue weighted by atomic mass is 35.5. The Morgan fingerprint density at radius 3 is 2.33 bits per heavy atom. The van der Waals surface area contributed by atoms with E-state index >= 15 is 0 Å². The molecule has 0 saturated heterocycles. The van der Waals surface area contributed by atoms with Crippen LogP contribution in [0, 0.1) is 5.82 Å². The van der Waals surface area contributed by atoms with Gasteiger partial charge in [0.1, 0.15) is 11.6 Å². The van der Waals surface area contributed by atoms with Crippen LogP contribution in [0.15, 0.2) is 59.9 Å². The molecule has 0 aliphatic heterocycles. The van der Waals surface area contributed by atoms with Crippen molar-refractivity contribution in [2.45, 2.75) is 30.7 Å². The topological polar surface area (TPSA) is 86.2 Å². The van der Waals surface area contributed by atoms with Gasteiger partial charge in [0.15, 0.2) is 5.69 Å². The zero-order valence-corrected chi connectivity index (χ0v) is 17.7. The highest BCUT2D eigenvalue weighted by Crippen LogP contribution is 2.22. The summed E-state index contributed by atoms with van der Waals surface area (Å²) in [6.45, 7) is 4.07. The molecule has 9 heteroatoms. The third-order valence-corrected chi connectivity index (χ3v) is 5.96. The Morgan fingerprint density at radius 2 is 1.73 bits per heavy atom. The number of halogens is 2. The average molecular weight is 449 g/mol. The van der Waals surface area contributed by atoms with Crippen molar-refractivity contribution in [3.8, 4) is 5.75 Å². The van der Waals surface area contributed by atoms with Gasteiger partial charge in [-0.15, -0.1) is 0 Å². The monoisotopic (exact) mass is 448 g/mol. The highest BCUT2D eigenvalue weighted by molar-refractivity contribution is 7.90. The van der Waals surface area contributed by atoms with Gasteiger partial charge in [0, 0.05) is 0 Å². The van der Waals surface area contributed by atoms with Crippen LogP contribution in [-0.4, -0.2) is 24.4 Å². The molecule has 0 aliphatic rings. The van der Waals surface area contributed by atoms with Crippen molar-refractivity contribution in [2.75, 3.05) is 0 Å². The lowest BCUT2D eigenvalue weighted by Crippen LogP contribution is -2.16. The molecule has 3 aromatic rings. The molecular weight excluding hydrogens is 431 g/mol. The summed E-state index contributed by atoms with van der Waals surface area (Å²) in [6, 6.07) is 11.9. The Bertz CT molecular complexity index is 1160. The Kier molecular flexibility index (Phi) is 6.48. The Balaban J connectivity index is 1.83. The summed E-state index contributed by atoms with van der Waals surface area (Å²) < 4.78 is 43.5. The Hall–Kier alpha value is -2.84. The molecule has 0 bridgehead atoms. The van der Waals surface area contributed by atoms with Crippen LogP contribution in [0.1, 0.15) is 41.4 Å². The van der Waals surface area contributed by atoms with Crippen LogP contribution < -0.4 is 4.74 Å². The number of hydrogen-bond donors (Lipinski definition) is 0. The summed E-state index contributed by atoms with van der Waals surface area (Å²) in [5.74, 6) is -1.25. The second-order valence-corrected chi connectivity index (χ2v) is 9.14. The predicted octanol–water partition coefficient (Wildman–Crippen LogP) is 4.59. The van der Waals surface area contributed by atoms with Crippen molar-refractivity contribution in [1.82, 2.24) is 9.97 Å². The molecule has 0 atom stereocenters. The molecule has 0 N–H and O–H groups in total. The van der Waals surface area contributed by atoms with Gasteiger partial charge in [-0.3, -0.25) is 0 Å². The van der Waals surface area contributed by atoms with Crippen molar-refractivity contribution in [3.63, 3.8) is 0 Å². The van der Waals surface area contributed by atoms with E-state index in [9.17, 15) is 17.6 Å². The third kappa shape index (κ3) is 5.20. The number of aromatic nitrogens is 2. The fourth-order valence-corrected chi connectivity index (χ4v) is 3.96. The van der Waals surface area contributed by atoms with Crippen LogP contribution in [0.2, 0.25) is 5.02 Å². The quantitative estimate of drug-likeness (QED) is 0.311. The van der Waals surface area contributed by atoms with Crippen molar-refractivity contribution in [1.29, 1.82) is 0 Å². The predicted molar refractivity (Wildman–Crippen MR) is 110 cm³/mol. The molecule has 6 nitrogen and oxygen atoms in total. The van der Waals surface area contributed by atoms with Gasteiger partial charge in [-0.1, -0.05) is 49.7 Å². The smallest absolute Gasteiger partial charge is 0.364 e. The first kappa shape index (κ1) is 21.9. The van der Waals surface area contributed by atoms with E-state index < -0.39 is 32.5 Å². The summed E-state index contributed by atoms with van der Waals surface area (Å²) in [7, 11) is -4.00. The van der Waals surface area contributed by atoms with Gasteiger partial charge in [0.25, 0.3) is 0 Å². The summed E-state index contributed by atoms with van der Waals surface area (Å²) in [5.41, 5.74) is 1.06. The first-order chi connectivity index (χ1) is 14.2. The molecule has 1 aromatic heterocycles. The number of nitrogens with zero attached hydrogens (tertiary/aromatic N) is 2. The SMILES string of the molecule is CC(C)c1ccc(OC(=O)c2nc(S(=O)(=O)Cc3ccc(F)cc3)ncc2Cl)cc1. The minimum Gasteiger partial charge on any atom is -0.422 e. The number of hydrogen-bond acceptors (Lipinski definition) is 6. The molecule has 3 rings (SSSR count). The van der Waals surface area contributed by atoms with E-state index in [1.807, 2.05) is 26.0 Å². The van der Waals surface area contributed by atoms with Gasteiger partial charge < -0.3 is 4.74 Å². The van der Waals surface area contributed by atoms with Gasteiger partial charge in [-0.2, -0.15) is 0 Å². The number of ether oxygens (including phenoxy) is 1. The number of benzene rings is 2. The van der Waals surface area contributed by atoms with Crippen molar-refractivity contribution in [3.05, 3.63) is 82.4 Å². The Morgan fingerprint density at radius 1 is 1.10 bits per heavy atom. The summed E-state index contributed by atoms with van der Waals surface area (Å²) in [6.07, 6.45) is 1.03. The van der Waals surface area contributed by atoms with E-state index in [0.29, 0.717) is 11.5 Å². The Labute approximate surface area is 178 Å². The molecular formula is C21H18ClFN2O4S. The third-order valence-electron chi connectivity index (χ3n) is 4.22. The van der Waals surface area contributed by atoms with Crippen molar-refractivity contribution >= 4 is 27.4 Å². The first-order valence-electron chi connectivity index (χ1n) is 8.97. The largest absolute Gasteiger partial charge is 0.422 e. The van der Waals surface area contributed by atoms with Gasteiger partial charge in [0.05, 0.1) is 17.0 Å². The zero-order valence-electron chi connectivity index (χ0n) is 16.2. The zero-order chi connectivity index (χ0) is 21.9. The average Bonchev–Trinajstić information content (AvgIpc) is 2.70. The molecule has 0 unspecified atom stereocenters. The maximum atomic E-state index is 13.0. The molecule has 0 aliphatic carbocycles. The van der Waals surface area contributed by atoms with Crippen LogP contribution in [0.3, 0.4) is 0 Å². The van der Waals surface area contributed by atoms with E-state index in [1.54, 1.807) is 12.1 Å². The van der Waals surface area contributed by atoms with E-state index in [1.165, 1.54) is 12.1 Å². The summed E-state index contributed by atoms with van der Waals surface area (Å²) in [5, 5.41) is -0.710. The maximum absolute atomic E-state index is 13.0. The highest BCUT2D eigenvalue weighted by Gasteiger charge is 2.24. The number of esters is 1. The summed E-state index contributed by atoms with van der Waals surface area (Å²) in [4.78, 5) is 20.0. The number of sulfone groups is 1. The first-order valence-corrected chi connectivity index (χ1v) is 11.0. The molecule has 2 aromatic carbocycles. The van der Waals surface area contributed by atoms with Crippen molar-refractivity contribution in [2.24, 2.45) is 0 Å². The molecule has 0 radical (unpaired) electrons. The van der Waals surface area contributed by atoms with Crippen LogP contribution in [0.5, 0.6) is 5.75 Å².